The summed E-state index contributed by atoms with van der Waals surface area (Å²) in [6.45, 7) is 8.49. The van der Waals surface area contributed by atoms with Crippen LogP contribution in [0, 0.1) is 6.92 Å². The van der Waals surface area contributed by atoms with Crippen molar-refractivity contribution in [3.63, 3.8) is 0 Å². The molecule has 3 aromatic heterocycles. The molecule has 7 heteroatoms. The number of pyridine rings is 2. The highest BCUT2D eigenvalue weighted by Crippen LogP contribution is 2.29. The summed E-state index contributed by atoms with van der Waals surface area (Å²) < 4.78 is 1.88. The van der Waals surface area contributed by atoms with Gasteiger partial charge < -0.3 is 16.8 Å². The van der Waals surface area contributed by atoms with Crippen molar-refractivity contribution in [1.82, 2.24) is 19.7 Å². The minimum atomic E-state index is 0.424. The summed E-state index contributed by atoms with van der Waals surface area (Å²) >= 11 is 0. The number of hydrogen-bond acceptors (Lipinski definition) is 6. The predicted octanol–water partition coefficient (Wildman–Crippen LogP) is 2.41. The van der Waals surface area contributed by atoms with Gasteiger partial charge in [0.15, 0.2) is 0 Å². The summed E-state index contributed by atoms with van der Waals surface area (Å²) in [7, 11) is 0. The van der Waals surface area contributed by atoms with Crippen LogP contribution >= 0.6 is 0 Å². The molecule has 0 saturated heterocycles. The van der Waals surface area contributed by atoms with Crippen LogP contribution in [0.15, 0.2) is 31.2 Å². The first kappa shape index (κ1) is 14.8. The summed E-state index contributed by atoms with van der Waals surface area (Å²) in [6.07, 6.45) is 5.32. The lowest BCUT2D eigenvalue weighted by molar-refractivity contribution is 0.683. The van der Waals surface area contributed by atoms with Crippen LogP contribution in [-0.4, -0.2) is 19.7 Å². The van der Waals surface area contributed by atoms with Crippen LogP contribution in [0.25, 0.3) is 16.6 Å². The number of anilines is 3. The van der Waals surface area contributed by atoms with Gasteiger partial charge in [-0.25, -0.2) is 4.98 Å². The second-order valence-corrected chi connectivity index (χ2v) is 5.32. The second kappa shape index (κ2) is 5.60. The monoisotopic (exact) mass is 309 g/mol. The molecule has 0 amide bonds. The van der Waals surface area contributed by atoms with Gasteiger partial charge >= 0.3 is 0 Å². The topological polar surface area (TPSA) is 108 Å². The van der Waals surface area contributed by atoms with Gasteiger partial charge in [-0.05, 0) is 25.5 Å². The number of rotatable bonds is 4. The average molecular weight is 309 g/mol. The van der Waals surface area contributed by atoms with Crippen molar-refractivity contribution in [2.75, 3.05) is 11.1 Å². The van der Waals surface area contributed by atoms with Crippen molar-refractivity contribution >= 4 is 33.9 Å². The van der Waals surface area contributed by atoms with Crippen molar-refractivity contribution in [3.8, 4) is 0 Å². The minimum Gasteiger partial charge on any atom is -0.399 e. The first-order chi connectivity index (χ1) is 11.0. The maximum Gasteiger partial charge on any atom is 0.142 e. The minimum absolute atomic E-state index is 0.424. The number of nitrogens with two attached hydrogens (primary N) is 2. The zero-order chi connectivity index (χ0) is 16.6. The summed E-state index contributed by atoms with van der Waals surface area (Å²) in [6, 6.07) is 1.87. The Morgan fingerprint density at radius 3 is 2.83 bits per heavy atom. The Labute approximate surface area is 134 Å². The van der Waals surface area contributed by atoms with E-state index in [0.717, 1.165) is 34.3 Å². The van der Waals surface area contributed by atoms with Gasteiger partial charge in [-0.1, -0.05) is 6.58 Å². The van der Waals surface area contributed by atoms with Crippen molar-refractivity contribution in [1.29, 1.82) is 0 Å². The van der Waals surface area contributed by atoms with Gasteiger partial charge in [0.25, 0.3) is 0 Å². The molecule has 5 N–H and O–H groups in total. The van der Waals surface area contributed by atoms with Gasteiger partial charge in [0.05, 0.1) is 29.8 Å². The molecule has 0 radical (unpaired) electrons. The van der Waals surface area contributed by atoms with E-state index >= 15 is 0 Å². The predicted molar refractivity (Wildman–Crippen MR) is 93.1 cm³/mol. The number of nitrogens with one attached hydrogen (secondary N) is 1. The Kier molecular flexibility index (Phi) is 3.61. The number of nitrogens with zero attached hydrogens (tertiary/aromatic N) is 4. The Morgan fingerprint density at radius 2 is 2.13 bits per heavy atom. The number of aryl methyl sites for hydroxylation is 2. The summed E-state index contributed by atoms with van der Waals surface area (Å²) in [4.78, 5) is 8.66. The van der Waals surface area contributed by atoms with E-state index in [1.165, 1.54) is 0 Å². The zero-order valence-electron chi connectivity index (χ0n) is 13.2. The smallest absolute Gasteiger partial charge is 0.142 e. The maximum atomic E-state index is 5.93. The van der Waals surface area contributed by atoms with Crippen LogP contribution in [-0.2, 0) is 6.54 Å². The molecular formula is C16H19N7. The van der Waals surface area contributed by atoms with Crippen LogP contribution in [0.3, 0.4) is 0 Å². The largest absolute Gasteiger partial charge is 0.399 e. The molecule has 0 unspecified atom stereocenters. The third kappa shape index (κ3) is 2.57. The molecular weight excluding hydrogens is 290 g/mol. The molecule has 0 saturated carbocycles. The summed E-state index contributed by atoms with van der Waals surface area (Å²) in [5.41, 5.74) is 15.5. The molecule has 0 aliphatic heterocycles. The summed E-state index contributed by atoms with van der Waals surface area (Å²) in [5.74, 6) is 1.00. The molecule has 3 rings (SSSR count). The molecule has 7 nitrogen and oxygen atoms in total. The fourth-order valence-corrected chi connectivity index (χ4v) is 2.44. The molecule has 3 heterocycles. The van der Waals surface area contributed by atoms with E-state index in [1.807, 2.05) is 24.6 Å². The average Bonchev–Trinajstić information content (AvgIpc) is 2.94. The number of nitrogen functional groups attached to an aromatic ring is 1. The van der Waals surface area contributed by atoms with E-state index in [2.05, 4.69) is 27.0 Å². The molecule has 0 aromatic carbocycles. The van der Waals surface area contributed by atoms with E-state index in [-0.39, 0.29) is 0 Å². The lowest BCUT2D eigenvalue weighted by Gasteiger charge is -2.13. The molecule has 118 valence electrons. The van der Waals surface area contributed by atoms with Crippen LogP contribution in [0.4, 0.5) is 17.3 Å². The highest BCUT2D eigenvalue weighted by atomic mass is 15.3. The fraction of sp³-hybridized carbons (Fsp3) is 0.188. The van der Waals surface area contributed by atoms with E-state index in [0.29, 0.717) is 17.3 Å². The SMILES string of the molecule is C=C(N)c1cc(C)c(N)nc1Nc1cncc2c1cnn2CC. The molecule has 0 bridgehead atoms. The third-order valence-electron chi connectivity index (χ3n) is 3.72. The molecule has 0 fully saturated rings. The fourth-order valence-electron chi connectivity index (χ4n) is 2.44. The first-order valence-electron chi connectivity index (χ1n) is 7.29. The molecule has 0 atom stereocenters. The van der Waals surface area contributed by atoms with Crippen LogP contribution in [0.2, 0.25) is 0 Å². The standard InChI is InChI=1S/C16H19N7/c1-4-23-14-8-19-7-13(12(14)6-20-23)21-16-11(10(3)17)5-9(2)15(18)22-16/h5-8H,3-4,17H2,1-2H3,(H3,18,21,22). The quantitative estimate of drug-likeness (QED) is 0.683. The first-order valence-corrected chi connectivity index (χ1v) is 7.29. The van der Waals surface area contributed by atoms with Crippen LogP contribution in [0.5, 0.6) is 0 Å². The normalized spacial score (nSPS) is 10.9. The third-order valence-corrected chi connectivity index (χ3v) is 3.72. The highest BCUT2D eigenvalue weighted by Gasteiger charge is 2.12. The Hall–Kier alpha value is -3.09. The summed E-state index contributed by atoms with van der Waals surface area (Å²) in [5, 5.41) is 8.56. The molecule has 0 aliphatic rings. The van der Waals surface area contributed by atoms with Crippen molar-refractivity contribution in [2.24, 2.45) is 5.73 Å². The van der Waals surface area contributed by atoms with Crippen molar-refractivity contribution < 1.29 is 0 Å². The van der Waals surface area contributed by atoms with E-state index in [1.54, 1.807) is 18.6 Å². The van der Waals surface area contributed by atoms with Gasteiger partial charge in [0.1, 0.15) is 11.6 Å². The number of aromatic nitrogens is 4. The molecule has 0 aliphatic carbocycles. The van der Waals surface area contributed by atoms with E-state index in [4.69, 9.17) is 11.5 Å². The van der Waals surface area contributed by atoms with Gasteiger partial charge in [0.2, 0.25) is 0 Å². The molecule has 0 spiro atoms. The van der Waals surface area contributed by atoms with Gasteiger partial charge in [0, 0.05) is 23.2 Å². The van der Waals surface area contributed by atoms with Crippen LogP contribution in [0.1, 0.15) is 18.1 Å². The Balaban J connectivity index is 2.11. The Bertz CT molecular complexity index is 895. The van der Waals surface area contributed by atoms with Gasteiger partial charge in [-0.15, -0.1) is 0 Å². The lowest BCUT2D eigenvalue weighted by Crippen LogP contribution is -2.06. The zero-order valence-corrected chi connectivity index (χ0v) is 13.2. The van der Waals surface area contributed by atoms with Crippen LogP contribution < -0.4 is 16.8 Å². The second-order valence-electron chi connectivity index (χ2n) is 5.32. The lowest BCUT2D eigenvalue weighted by atomic mass is 10.1. The van der Waals surface area contributed by atoms with Gasteiger partial charge in [-0.2, -0.15) is 5.10 Å². The van der Waals surface area contributed by atoms with E-state index in [9.17, 15) is 0 Å². The van der Waals surface area contributed by atoms with Crippen molar-refractivity contribution in [2.45, 2.75) is 20.4 Å². The number of fused-ring (bicyclic) bond motifs is 1. The van der Waals surface area contributed by atoms with Crippen molar-refractivity contribution in [3.05, 3.63) is 42.4 Å². The van der Waals surface area contributed by atoms with E-state index < -0.39 is 0 Å². The maximum absolute atomic E-state index is 5.93. The number of hydrogen-bond donors (Lipinski definition) is 3. The van der Waals surface area contributed by atoms with Gasteiger partial charge in [-0.3, -0.25) is 9.67 Å². The Morgan fingerprint density at radius 1 is 1.35 bits per heavy atom. The highest BCUT2D eigenvalue weighted by molar-refractivity contribution is 5.93. The molecule has 23 heavy (non-hydrogen) atoms. The molecule has 3 aromatic rings.